The number of hydrogen-bond donors (Lipinski definition) is 1. The van der Waals surface area contributed by atoms with E-state index in [9.17, 15) is 5.11 Å². The molecule has 4 aromatic carbocycles. The summed E-state index contributed by atoms with van der Waals surface area (Å²) in [7, 11) is 0. The third-order valence-electron chi connectivity index (χ3n) is 4.79. The van der Waals surface area contributed by atoms with Gasteiger partial charge in [0.25, 0.3) is 0 Å². The van der Waals surface area contributed by atoms with E-state index in [1.807, 2.05) is 66.7 Å². The van der Waals surface area contributed by atoms with Gasteiger partial charge in [0.1, 0.15) is 10.8 Å². The summed E-state index contributed by atoms with van der Waals surface area (Å²) in [6.07, 6.45) is 0. The number of benzene rings is 4. The summed E-state index contributed by atoms with van der Waals surface area (Å²) in [5, 5.41) is 11.4. The molecular formula is C25H18N2OS. The Morgan fingerprint density at radius 1 is 0.655 bits per heavy atom. The molecule has 29 heavy (non-hydrogen) atoms. The van der Waals surface area contributed by atoms with Crippen molar-refractivity contribution in [2.75, 3.05) is 4.90 Å². The first-order valence-corrected chi connectivity index (χ1v) is 10.2. The van der Waals surface area contributed by atoms with Crippen LogP contribution in [0.3, 0.4) is 0 Å². The van der Waals surface area contributed by atoms with Gasteiger partial charge in [0.05, 0.1) is 15.8 Å². The maximum atomic E-state index is 10.6. The molecule has 0 amide bonds. The predicted molar refractivity (Wildman–Crippen MR) is 121 cm³/mol. The lowest BCUT2D eigenvalue weighted by Crippen LogP contribution is -2.09. The lowest BCUT2D eigenvalue weighted by molar-refractivity contribution is 0.477. The molecule has 0 saturated heterocycles. The Kier molecular flexibility index (Phi) is 4.47. The maximum Gasteiger partial charge on any atom is 0.128 e. The van der Waals surface area contributed by atoms with Crippen LogP contribution in [0.1, 0.15) is 0 Å². The highest BCUT2D eigenvalue weighted by atomic mass is 32.1. The largest absolute Gasteiger partial charge is 0.507 e. The molecule has 0 atom stereocenters. The number of fused-ring (bicyclic) bond motifs is 1. The van der Waals surface area contributed by atoms with Gasteiger partial charge in [-0.05, 0) is 54.6 Å². The van der Waals surface area contributed by atoms with Crippen LogP contribution in [-0.4, -0.2) is 10.1 Å². The molecule has 1 heterocycles. The third-order valence-corrected chi connectivity index (χ3v) is 5.86. The summed E-state index contributed by atoms with van der Waals surface area (Å²) >= 11 is 1.59. The number of anilines is 3. The van der Waals surface area contributed by atoms with Gasteiger partial charge in [-0.1, -0.05) is 48.5 Å². The molecule has 4 heteroatoms. The first kappa shape index (κ1) is 17.5. The normalized spacial score (nSPS) is 10.9. The smallest absolute Gasteiger partial charge is 0.128 e. The predicted octanol–water partition coefficient (Wildman–Crippen LogP) is 7.14. The summed E-state index contributed by atoms with van der Waals surface area (Å²) < 4.78 is 1.11. The van der Waals surface area contributed by atoms with Crippen molar-refractivity contribution >= 4 is 38.6 Å². The van der Waals surface area contributed by atoms with Gasteiger partial charge in [-0.25, -0.2) is 4.98 Å². The Morgan fingerprint density at radius 3 is 1.93 bits per heavy atom. The van der Waals surface area contributed by atoms with E-state index >= 15 is 0 Å². The van der Waals surface area contributed by atoms with Crippen LogP contribution < -0.4 is 4.90 Å². The van der Waals surface area contributed by atoms with E-state index in [-0.39, 0.29) is 5.75 Å². The summed E-state index contributed by atoms with van der Waals surface area (Å²) in [5.41, 5.74) is 4.76. The standard InChI is InChI=1S/C25H18N2OS/c28-23-16-15-20(17-21(23)25-26-22-13-7-8-14-24(22)29-25)27(18-9-3-1-4-10-18)19-11-5-2-6-12-19/h1-17,28H. The van der Waals surface area contributed by atoms with Crippen LogP contribution in [0, 0.1) is 0 Å². The number of phenolic OH excluding ortho intramolecular Hbond substituents is 1. The van der Waals surface area contributed by atoms with Gasteiger partial charge in [0.15, 0.2) is 0 Å². The van der Waals surface area contributed by atoms with Crippen molar-refractivity contribution in [2.45, 2.75) is 0 Å². The van der Waals surface area contributed by atoms with Crippen LogP contribution in [0.5, 0.6) is 5.75 Å². The van der Waals surface area contributed by atoms with Crippen LogP contribution in [-0.2, 0) is 0 Å². The minimum Gasteiger partial charge on any atom is -0.507 e. The van der Waals surface area contributed by atoms with Gasteiger partial charge < -0.3 is 10.0 Å². The number of aromatic nitrogens is 1. The molecule has 0 bridgehead atoms. The van der Waals surface area contributed by atoms with Gasteiger partial charge in [-0.3, -0.25) is 0 Å². The lowest BCUT2D eigenvalue weighted by Gasteiger charge is -2.25. The average Bonchev–Trinajstić information content (AvgIpc) is 3.21. The SMILES string of the molecule is Oc1ccc(N(c2ccccc2)c2ccccc2)cc1-c1nc2ccccc2s1. The van der Waals surface area contributed by atoms with Crippen LogP contribution in [0.4, 0.5) is 17.1 Å². The number of nitrogens with zero attached hydrogens (tertiary/aromatic N) is 2. The first-order chi connectivity index (χ1) is 14.3. The van der Waals surface area contributed by atoms with Gasteiger partial charge >= 0.3 is 0 Å². The molecular weight excluding hydrogens is 376 g/mol. The Hall–Kier alpha value is -3.63. The molecule has 1 N–H and O–H groups in total. The minimum atomic E-state index is 0.230. The summed E-state index contributed by atoms with van der Waals surface area (Å²) in [4.78, 5) is 6.91. The van der Waals surface area contributed by atoms with E-state index in [2.05, 4.69) is 35.2 Å². The zero-order chi connectivity index (χ0) is 19.6. The molecule has 0 aliphatic rings. The van der Waals surface area contributed by atoms with E-state index in [4.69, 9.17) is 4.98 Å². The molecule has 140 valence electrons. The zero-order valence-electron chi connectivity index (χ0n) is 15.6. The molecule has 3 nitrogen and oxygen atoms in total. The number of phenols is 1. The lowest BCUT2D eigenvalue weighted by atomic mass is 10.1. The molecule has 1 aromatic heterocycles. The van der Waals surface area contributed by atoms with Crippen LogP contribution >= 0.6 is 11.3 Å². The zero-order valence-corrected chi connectivity index (χ0v) is 16.4. The Balaban J connectivity index is 1.67. The van der Waals surface area contributed by atoms with Crippen molar-refractivity contribution in [1.82, 2.24) is 4.98 Å². The van der Waals surface area contributed by atoms with Crippen molar-refractivity contribution in [2.24, 2.45) is 0 Å². The van der Waals surface area contributed by atoms with Crippen molar-refractivity contribution in [3.05, 3.63) is 103 Å². The van der Waals surface area contributed by atoms with Crippen LogP contribution in [0.25, 0.3) is 20.8 Å². The van der Waals surface area contributed by atoms with Gasteiger partial charge in [-0.2, -0.15) is 0 Å². The van der Waals surface area contributed by atoms with Gasteiger partial charge in [0.2, 0.25) is 0 Å². The topological polar surface area (TPSA) is 36.4 Å². The number of rotatable bonds is 4. The van der Waals surface area contributed by atoms with Crippen molar-refractivity contribution in [3.8, 4) is 16.3 Å². The summed E-state index contributed by atoms with van der Waals surface area (Å²) in [6, 6.07) is 34.2. The third kappa shape index (κ3) is 3.35. The van der Waals surface area contributed by atoms with Crippen LogP contribution in [0.2, 0.25) is 0 Å². The second-order valence-electron chi connectivity index (χ2n) is 6.69. The second kappa shape index (κ2) is 7.41. The highest BCUT2D eigenvalue weighted by Gasteiger charge is 2.16. The van der Waals surface area contributed by atoms with E-state index < -0.39 is 0 Å². The van der Waals surface area contributed by atoms with E-state index in [1.54, 1.807) is 17.4 Å². The van der Waals surface area contributed by atoms with Crippen molar-refractivity contribution < 1.29 is 5.11 Å². The van der Waals surface area contributed by atoms with Gasteiger partial charge in [-0.15, -0.1) is 11.3 Å². The molecule has 0 aliphatic heterocycles. The number of para-hydroxylation sites is 3. The van der Waals surface area contributed by atoms with Crippen LogP contribution in [0.15, 0.2) is 103 Å². The maximum absolute atomic E-state index is 10.6. The fourth-order valence-electron chi connectivity index (χ4n) is 3.42. The van der Waals surface area contributed by atoms with Crippen molar-refractivity contribution in [3.63, 3.8) is 0 Å². The molecule has 0 fully saturated rings. The van der Waals surface area contributed by atoms with Gasteiger partial charge in [0, 0.05) is 17.1 Å². The van der Waals surface area contributed by atoms with E-state index in [0.29, 0.717) is 0 Å². The van der Waals surface area contributed by atoms with Crippen molar-refractivity contribution in [1.29, 1.82) is 0 Å². The molecule has 5 rings (SSSR count). The fraction of sp³-hybridized carbons (Fsp3) is 0. The molecule has 0 radical (unpaired) electrons. The summed E-state index contributed by atoms with van der Waals surface area (Å²) in [6.45, 7) is 0. The minimum absolute atomic E-state index is 0.230. The molecule has 0 spiro atoms. The highest BCUT2D eigenvalue weighted by Crippen LogP contribution is 2.41. The average molecular weight is 394 g/mol. The molecule has 0 aliphatic carbocycles. The first-order valence-electron chi connectivity index (χ1n) is 9.39. The van der Waals surface area contributed by atoms with E-state index in [1.165, 1.54) is 0 Å². The van der Waals surface area contributed by atoms with E-state index in [0.717, 1.165) is 37.8 Å². The molecule has 0 saturated carbocycles. The second-order valence-corrected chi connectivity index (χ2v) is 7.73. The Morgan fingerprint density at radius 2 is 1.28 bits per heavy atom. The monoisotopic (exact) mass is 394 g/mol. The highest BCUT2D eigenvalue weighted by molar-refractivity contribution is 7.21. The molecule has 5 aromatic rings. The fourth-order valence-corrected chi connectivity index (χ4v) is 4.41. The quantitative estimate of drug-likeness (QED) is 0.352. The molecule has 0 unspecified atom stereocenters. The summed E-state index contributed by atoms with van der Waals surface area (Å²) in [5.74, 6) is 0.230. The number of hydrogen-bond acceptors (Lipinski definition) is 4. The number of aromatic hydroxyl groups is 1. The Bertz CT molecular complexity index is 1190. The number of thiazole rings is 1. The Labute approximate surface area is 173 Å².